The Balaban J connectivity index is -0.00000000333. The molecular weight excluding hydrogens is 275 g/mol. The molecule has 0 spiro atoms. The SMILES string of the molecule is O.O.O[B]O.[OH-].[W]. The Morgan fingerprint density at radius 3 is 1.00 bits per heavy atom. The zero-order chi connectivity index (χ0) is 2.71. The summed E-state index contributed by atoms with van der Waals surface area (Å²) in [6.45, 7) is 0. The van der Waals surface area contributed by atoms with Crippen LogP contribution in [0.1, 0.15) is 0 Å². The fourth-order valence-corrected chi connectivity index (χ4v) is 0. The first kappa shape index (κ1) is 49.8. The molecule has 0 bridgehead atoms. The molecule has 0 rings (SSSR count). The second-order valence-electron chi connectivity index (χ2n) is 0.115. The molecule has 0 heterocycles. The molecule has 0 atom stereocenters. The van der Waals surface area contributed by atoms with Crippen LogP contribution in [0.2, 0.25) is 0 Å². The van der Waals surface area contributed by atoms with E-state index in [1.807, 2.05) is 0 Å². The van der Waals surface area contributed by atoms with E-state index in [0.717, 1.165) is 0 Å². The molecule has 0 aliphatic rings. The van der Waals surface area contributed by atoms with Crippen LogP contribution in [0, 0.1) is 0 Å². The average Bonchev–Trinajstić information content (AvgIpc) is 0.918. The van der Waals surface area contributed by atoms with Crippen molar-refractivity contribution in [1.82, 2.24) is 0 Å². The van der Waals surface area contributed by atoms with Gasteiger partial charge in [-0.05, 0) is 0 Å². The van der Waals surface area contributed by atoms with Gasteiger partial charge in [-0.3, -0.25) is 0 Å². The Morgan fingerprint density at radius 2 is 1.00 bits per heavy atom. The largest absolute Gasteiger partial charge is 0.870 e. The molecule has 0 saturated carbocycles. The van der Waals surface area contributed by atoms with Gasteiger partial charge in [-0.2, -0.15) is 0 Å². The van der Waals surface area contributed by atoms with Crippen LogP contribution in [-0.4, -0.2) is 34.2 Å². The Bertz CT molecular complexity index is 8.04. The molecule has 0 saturated heterocycles. The van der Waals surface area contributed by atoms with Gasteiger partial charge in [0.15, 0.2) is 0 Å². The summed E-state index contributed by atoms with van der Waals surface area (Å²) in [6, 6.07) is 0. The fourth-order valence-electron chi connectivity index (χ4n) is 0. The van der Waals surface area contributed by atoms with E-state index >= 15 is 0 Å². The van der Waals surface area contributed by atoms with E-state index in [1.165, 1.54) is 0 Å². The zero-order valence-electron chi connectivity index (χ0n) is 3.33. The predicted octanol–water partition coefficient (Wildman–Crippen LogP) is -3.32. The van der Waals surface area contributed by atoms with E-state index < -0.39 is 0 Å². The van der Waals surface area contributed by atoms with Crippen molar-refractivity contribution in [3.63, 3.8) is 0 Å². The van der Waals surface area contributed by atoms with E-state index in [2.05, 4.69) is 0 Å². The van der Waals surface area contributed by atoms with Crippen LogP contribution in [0.15, 0.2) is 0 Å². The van der Waals surface area contributed by atoms with Gasteiger partial charge in [0, 0.05) is 21.1 Å². The van der Waals surface area contributed by atoms with Gasteiger partial charge in [0.05, 0.1) is 0 Å². The predicted molar refractivity (Wildman–Crippen MR) is 19.4 cm³/mol. The van der Waals surface area contributed by atoms with Gasteiger partial charge in [0.1, 0.15) is 0 Å². The molecule has 7 N–H and O–H groups in total. The molecule has 0 aliphatic carbocycles. The van der Waals surface area contributed by atoms with Crippen LogP contribution in [0.25, 0.3) is 0 Å². The summed E-state index contributed by atoms with van der Waals surface area (Å²) >= 11 is 0. The molecule has 0 aliphatic heterocycles. The van der Waals surface area contributed by atoms with Crippen LogP contribution in [0.4, 0.5) is 0 Å². The fraction of sp³-hybridized carbons (Fsp3) is 0. The summed E-state index contributed by atoms with van der Waals surface area (Å²) in [5, 5.41) is 14.0. The summed E-state index contributed by atoms with van der Waals surface area (Å²) in [7, 11) is 0. The molecule has 7 heteroatoms. The van der Waals surface area contributed by atoms with Gasteiger partial charge in [-0.1, -0.05) is 0 Å². The maximum Gasteiger partial charge on any atom is 0.482 e. The van der Waals surface area contributed by atoms with E-state index in [1.54, 1.807) is 0 Å². The summed E-state index contributed by atoms with van der Waals surface area (Å²) < 4.78 is 0. The first-order valence-electron chi connectivity index (χ1n) is 0.516. The smallest absolute Gasteiger partial charge is 0.482 e. The Morgan fingerprint density at radius 1 is 1.00 bits per heavy atom. The normalized spacial score (nSPS) is 2.00. The van der Waals surface area contributed by atoms with Crippen molar-refractivity contribution in [3.05, 3.63) is 0 Å². The summed E-state index contributed by atoms with van der Waals surface area (Å²) in [4.78, 5) is 0. The molecule has 5 nitrogen and oxygen atoms in total. The topological polar surface area (TPSA) is 133 Å². The Kier molecular flexibility index (Phi) is 595. The van der Waals surface area contributed by atoms with Gasteiger partial charge in [-0.25, -0.2) is 0 Å². The Hall–Kier alpha value is 0.553. The van der Waals surface area contributed by atoms with Crippen LogP contribution in [0.3, 0.4) is 0 Å². The van der Waals surface area contributed by atoms with Gasteiger partial charge in [0.25, 0.3) is 0 Å². The molecular formula is H7BO5W-. The van der Waals surface area contributed by atoms with Crippen molar-refractivity contribution in [2.24, 2.45) is 0 Å². The molecule has 47 valence electrons. The van der Waals surface area contributed by atoms with Crippen LogP contribution >= 0.6 is 0 Å². The quantitative estimate of drug-likeness (QED) is 0.450. The number of hydrogen-bond donors (Lipinski definition) is 2. The number of hydrogen-bond acceptors (Lipinski definition) is 3. The van der Waals surface area contributed by atoms with E-state index in [-0.39, 0.29) is 45.2 Å². The van der Waals surface area contributed by atoms with Gasteiger partial charge in [-0.15, -0.1) is 0 Å². The van der Waals surface area contributed by atoms with Gasteiger partial charge < -0.3 is 26.5 Å². The van der Waals surface area contributed by atoms with E-state index in [9.17, 15) is 0 Å². The summed E-state index contributed by atoms with van der Waals surface area (Å²) in [6.07, 6.45) is 0. The molecule has 0 aromatic rings. The van der Waals surface area contributed by atoms with Crippen LogP contribution < -0.4 is 0 Å². The van der Waals surface area contributed by atoms with Crippen molar-refractivity contribution in [2.45, 2.75) is 0 Å². The third kappa shape index (κ3) is 444. The molecule has 7 heavy (non-hydrogen) atoms. The second-order valence-corrected chi connectivity index (χ2v) is 0.115. The van der Waals surface area contributed by atoms with Gasteiger partial charge >= 0.3 is 7.69 Å². The van der Waals surface area contributed by atoms with Crippen molar-refractivity contribution in [2.75, 3.05) is 0 Å². The van der Waals surface area contributed by atoms with Crippen LogP contribution in [0.5, 0.6) is 0 Å². The number of rotatable bonds is 0. The molecule has 0 aromatic heterocycles. The van der Waals surface area contributed by atoms with E-state index in [4.69, 9.17) is 10.0 Å². The minimum absolute atomic E-state index is 0. The Labute approximate surface area is 55.9 Å². The van der Waals surface area contributed by atoms with Crippen LogP contribution in [-0.2, 0) is 21.1 Å². The summed E-state index contributed by atoms with van der Waals surface area (Å²) in [5.74, 6) is 0. The first-order chi connectivity index (χ1) is 1.41. The molecule has 1 radical (unpaired) electrons. The third-order valence-corrected chi connectivity index (χ3v) is 0. The molecule has 0 amide bonds. The van der Waals surface area contributed by atoms with Gasteiger partial charge in [0.2, 0.25) is 0 Å². The molecule has 0 fully saturated rings. The monoisotopic (exact) mass is 282 g/mol. The minimum Gasteiger partial charge on any atom is -0.870 e. The van der Waals surface area contributed by atoms with Crippen molar-refractivity contribution in [3.8, 4) is 0 Å². The summed E-state index contributed by atoms with van der Waals surface area (Å²) in [5.41, 5.74) is 0. The maximum atomic E-state index is 7.00. The zero-order valence-corrected chi connectivity index (χ0v) is 6.26. The van der Waals surface area contributed by atoms with Crippen molar-refractivity contribution < 1.29 is 47.5 Å². The standard InChI is InChI=1S/BH2O2.3H2O.W/c2-1-3;;;;/h2-3H;3*1H2;/p-1. The second kappa shape index (κ2) is 83.8. The van der Waals surface area contributed by atoms with Crippen molar-refractivity contribution in [1.29, 1.82) is 0 Å². The van der Waals surface area contributed by atoms with Crippen molar-refractivity contribution >= 4 is 7.69 Å². The minimum atomic E-state index is 0. The maximum absolute atomic E-state index is 7.00. The average molecular weight is 282 g/mol. The third-order valence-electron chi connectivity index (χ3n) is 0. The van der Waals surface area contributed by atoms with E-state index in [0.29, 0.717) is 0 Å². The first-order valence-corrected chi connectivity index (χ1v) is 0.516. The molecule has 0 unspecified atom stereocenters. The molecule has 0 aromatic carbocycles.